The van der Waals surface area contributed by atoms with Gasteiger partial charge in [-0.05, 0) is 27.2 Å². The van der Waals surface area contributed by atoms with Gasteiger partial charge in [-0.1, -0.05) is 24.5 Å². The lowest BCUT2D eigenvalue weighted by Crippen LogP contribution is -2.67. The van der Waals surface area contributed by atoms with Gasteiger partial charge in [0.15, 0.2) is 8.40 Å². The maximum absolute atomic E-state index is 3.99. The Morgan fingerprint density at radius 1 is 1.07 bits per heavy atom. The summed E-state index contributed by atoms with van der Waals surface area (Å²) in [5.41, 5.74) is 4.29. The summed E-state index contributed by atoms with van der Waals surface area (Å²) in [6.45, 7) is 17.4. The Bertz CT molecular complexity index is 239. The molecular formula is C10H26N2Si3. The van der Waals surface area contributed by atoms with E-state index < -0.39 is 16.6 Å². The first-order valence-corrected chi connectivity index (χ1v) is 12.8. The van der Waals surface area contributed by atoms with Gasteiger partial charge in [-0.25, -0.2) is 0 Å². The second kappa shape index (κ2) is 5.40. The van der Waals surface area contributed by atoms with Gasteiger partial charge in [0.2, 0.25) is 0 Å². The fourth-order valence-corrected chi connectivity index (χ4v) is 12.4. The highest BCUT2D eigenvalue weighted by atomic mass is 28.4. The highest BCUT2D eigenvalue weighted by molar-refractivity contribution is 6.93. The van der Waals surface area contributed by atoms with Gasteiger partial charge in [0.1, 0.15) is 17.9 Å². The van der Waals surface area contributed by atoms with Gasteiger partial charge in [-0.2, -0.15) is 0 Å². The van der Waals surface area contributed by atoms with Crippen molar-refractivity contribution in [3.05, 3.63) is 24.6 Å². The molecular weight excluding hydrogens is 232 g/mol. The molecule has 0 radical (unpaired) electrons. The second-order valence-electron chi connectivity index (χ2n) is 5.08. The first kappa shape index (κ1) is 15.1. The Morgan fingerprint density at radius 3 is 1.87 bits per heavy atom. The first-order valence-electron chi connectivity index (χ1n) is 5.39. The Balaban J connectivity index is 4.85. The summed E-state index contributed by atoms with van der Waals surface area (Å²) in [5, 5.41) is 0. The number of hydrogen-bond acceptors (Lipinski definition) is 2. The fourth-order valence-electron chi connectivity index (χ4n) is 1.52. The third kappa shape index (κ3) is 3.53. The maximum Gasteiger partial charge on any atom is 0.186 e. The van der Waals surface area contributed by atoms with Crippen LogP contribution in [-0.4, -0.2) is 48.9 Å². The van der Waals surface area contributed by atoms with E-state index in [1.165, 1.54) is 0 Å². The lowest BCUT2D eigenvalue weighted by atomic mass is 11.3. The molecule has 0 bridgehead atoms. The predicted octanol–water partition coefficient (Wildman–Crippen LogP) is 1.71. The van der Waals surface area contributed by atoms with Crippen molar-refractivity contribution in [1.82, 2.24) is 8.46 Å². The van der Waals surface area contributed by atoms with E-state index in [2.05, 4.69) is 73.3 Å². The van der Waals surface area contributed by atoms with Crippen LogP contribution >= 0.6 is 0 Å². The predicted molar refractivity (Wildman–Crippen MR) is 79.4 cm³/mol. The van der Waals surface area contributed by atoms with Crippen LogP contribution in [0.4, 0.5) is 0 Å². The van der Waals surface area contributed by atoms with Crippen LogP contribution in [-0.2, 0) is 0 Å². The zero-order chi connectivity index (χ0) is 12.3. The molecule has 0 aliphatic heterocycles. The van der Waals surface area contributed by atoms with Gasteiger partial charge < -0.3 is 8.46 Å². The molecule has 88 valence electrons. The zero-order valence-corrected chi connectivity index (χ0v) is 14.6. The Morgan fingerprint density at radius 2 is 1.53 bits per heavy atom. The van der Waals surface area contributed by atoms with Crippen LogP contribution < -0.4 is 0 Å². The summed E-state index contributed by atoms with van der Waals surface area (Å²) in [6, 6.07) is 0. The highest BCUT2D eigenvalue weighted by Crippen LogP contribution is 2.20. The summed E-state index contributed by atoms with van der Waals surface area (Å²) in [5.74, 6) is 0. The van der Waals surface area contributed by atoms with E-state index in [1.807, 2.05) is 0 Å². The molecule has 0 spiro atoms. The third-order valence-electron chi connectivity index (χ3n) is 3.52. The average molecular weight is 259 g/mol. The molecule has 0 saturated carbocycles. The molecule has 0 rings (SSSR count). The van der Waals surface area contributed by atoms with Crippen molar-refractivity contribution in [1.29, 1.82) is 0 Å². The van der Waals surface area contributed by atoms with E-state index in [0.717, 1.165) is 0 Å². The molecule has 2 nitrogen and oxygen atoms in total. The second-order valence-corrected chi connectivity index (χ2v) is 16.9. The molecule has 0 saturated heterocycles. The monoisotopic (exact) mass is 258 g/mol. The van der Waals surface area contributed by atoms with Crippen LogP contribution in [0.2, 0.25) is 26.2 Å². The number of nitrogens with zero attached hydrogens (tertiary/aromatic N) is 2. The molecule has 0 aromatic carbocycles. The molecule has 0 aromatic heterocycles. The molecule has 0 N–H and O–H groups in total. The van der Waals surface area contributed by atoms with Crippen LogP contribution in [0.15, 0.2) is 24.6 Å². The largest absolute Gasteiger partial charge is 0.338 e. The minimum atomic E-state index is -1.44. The SMILES string of the molecule is C=C[SiH2]N(C)[Si](C)(C)N(C)[Si](C)(C)C=C. The maximum atomic E-state index is 3.99. The number of hydrogen-bond donors (Lipinski definition) is 0. The smallest absolute Gasteiger partial charge is 0.186 e. The van der Waals surface area contributed by atoms with Crippen molar-refractivity contribution >= 4 is 26.3 Å². The third-order valence-corrected chi connectivity index (χ3v) is 16.8. The van der Waals surface area contributed by atoms with Crippen molar-refractivity contribution in [2.24, 2.45) is 0 Å². The van der Waals surface area contributed by atoms with E-state index in [4.69, 9.17) is 0 Å². The minimum absolute atomic E-state index is 0.261. The van der Waals surface area contributed by atoms with Crippen LogP contribution in [0.5, 0.6) is 0 Å². The average Bonchev–Trinajstić information content (AvgIpc) is 2.17. The van der Waals surface area contributed by atoms with Crippen LogP contribution in [0, 0.1) is 0 Å². The number of rotatable bonds is 6. The summed E-state index contributed by atoms with van der Waals surface area (Å²) in [7, 11) is 1.42. The van der Waals surface area contributed by atoms with Crippen molar-refractivity contribution < 1.29 is 0 Å². The van der Waals surface area contributed by atoms with Crippen molar-refractivity contribution in [2.75, 3.05) is 14.1 Å². The summed E-state index contributed by atoms with van der Waals surface area (Å²) in [6.07, 6.45) is 0. The molecule has 5 heteroatoms. The lowest BCUT2D eigenvalue weighted by Gasteiger charge is -2.47. The van der Waals surface area contributed by atoms with E-state index in [1.54, 1.807) is 0 Å². The van der Waals surface area contributed by atoms with Crippen molar-refractivity contribution in [2.45, 2.75) is 26.2 Å². The topological polar surface area (TPSA) is 6.48 Å². The molecule has 0 aromatic rings. The van der Waals surface area contributed by atoms with Crippen LogP contribution in [0.25, 0.3) is 0 Å². The first-order chi connectivity index (χ1) is 6.70. The molecule has 0 aliphatic carbocycles. The lowest BCUT2D eigenvalue weighted by molar-refractivity contribution is 0.643. The Kier molecular flexibility index (Phi) is 5.42. The molecule has 0 atom stereocenters. The zero-order valence-electron chi connectivity index (χ0n) is 11.2. The quantitative estimate of drug-likeness (QED) is 0.669. The van der Waals surface area contributed by atoms with Gasteiger partial charge in [-0.3, -0.25) is 0 Å². The molecule has 0 fully saturated rings. The highest BCUT2D eigenvalue weighted by Gasteiger charge is 2.38. The molecule has 0 amide bonds. The molecule has 15 heavy (non-hydrogen) atoms. The van der Waals surface area contributed by atoms with Crippen molar-refractivity contribution in [3.63, 3.8) is 0 Å². The van der Waals surface area contributed by atoms with Crippen LogP contribution in [0.1, 0.15) is 0 Å². The van der Waals surface area contributed by atoms with Crippen LogP contribution in [0.3, 0.4) is 0 Å². The molecule has 0 heterocycles. The van der Waals surface area contributed by atoms with Gasteiger partial charge in [-0.15, -0.1) is 13.2 Å². The Labute approximate surface area is 99.8 Å². The standard InChI is InChI=1S/C10H26N2Si3/c1-9-13-11(3)15(7,8)12(4)14(5,6)10-2/h9-10H,1-2,13H2,3-8H3. The summed E-state index contributed by atoms with van der Waals surface area (Å²) < 4.78 is 5.21. The normalized spacial score (nSPS) is 14.1. The van der Waals surface area contributed by atoms with E-state index in [0.29, 0.717) is 0 Å². The van der Waals surface area contributed by atoms with E-state index in [9.17, 15) is 0 Å². The van der Waals surface area contributed by atoms with E-state index >= 15 is 0 Å². The Hall–Kier alpha value is 0.0506. The fraction of sp³-hybridized carbons (Fsp3) is 0.600. The van der Waals surface area contributed by atoms with E-state index in [-0.39, 0.29) is 9.68 Å². The van der Waals surface area contributed by atoms with Gasteiger partial charge in [0.25, 0.3) is 0 Å². The molecule has 0 aliphatic rings. The summed E-state index contributed by atoms with van der Waals surface area (Å²) >= 11 is 0. The summed E-state index contributed by atoms with van der Waals surface area (Å²) in [4.78, 5) is 0. The van der Waals surface area contributed by atoms with Gasteiger partial charge in [0.05, 0.1) is 0 Å². The molecule has 0 unspecified atom stereocenters. The van der Waals surface area contributed by atoms with Gasteiger partial charge in [0, 0.05) is 0 Å². The van der Waals surface area contributed by atoms with Gasteiger partial charge >= 0.3 is 0 Å². The van der Waals surface area contributed by atoms with Crippen molar-refractivity contribution in [3.8, 4) is 0 Å². The minimum Gasteiger partial charge on any atom is -0.338 e.